The standard InChI is InChI=1S/C17H24N2O3/c20-13-15-9-5-11-19(12-15)17(22)16(21)18-10-4-8-14-6-2-1-3-7-14/h1-3,6-7,15,20H,4-5,8-13H2,(H,18,21). The summed E-state index contributed by atoms with van der Waals surface area (Å²) in [6, 6.07) is 10.1. The molecule has 2 N–H and O–H groups in total. The predicted molar refractivity (Wildman–Crippen MR) is 84.2 cm³/mol. The first-order valence-electron chi connectivity index (χ1n) is 7.92. The van der Waals surface area contributed by atoms with Crippen LogP contribution in [0.15, 0.2) is 30.3 Å². The molecule has 0 bridgehead atoms. The molecule has 1 unspecified atom stereocenters. The van der Waals surface area contributed by atoms with Crippen LogP contribution in [0, 0.1) is 5.92 Å². The molecule has 1 aliphatic heterocycles. The molecule has 1 aromatic carbocycles. The molecule has 1 aliphatic rings. The zero-order valence-corrected chi connectivity index (χ0v) is 12.8. The third-order valence-corrected chi connectivity index (χ3v) is 4.03. The first-order valence-corrected chi connectivity index (χ1v) is 7.92. The fourth-order valence-corrected chi connectivity index (χ4v) is 2.76. The highest BCUT2D eigenvalue weighted by atomic mass is 16.3. The predicted octanol–water partition coefficient (Wildman–Crippen LogP) is 0.966. The Labute approximate surface area is 131 Å². The third kappa shape index (κ3) is 4.84. The number of benzene rings is 1. The van der Waals surface area contributed by atoms with Crippen LogP contribution in [0.3, 0.4) is 0 Å². The number of hydrogen-bond acceptors (Lipinski definition) is 3. The van der Waals surface area contributed by atoms with Crippen LogP contribution >= 0.6 is 0 Å². The maximum absolute atomic E-state index is 12.1. The second-order valence-electron chi connectivity index (χ2n) is 5.79. The Morgan fingerprint density at radius 3 is 2.77 bits per heavy atom. The van der Waals surface area contributed by atoms with Crippen LogP contribution in [0.25, 0.3) is 0 Å². The SMILES string of the molecule is O=C(NCCCc1ccccc1)C(=O)N1CCCC(CO)C1. The molecule has 120 valence electrons. The van der Waals surface area contributed by atoms with E-state index in [0.29, 0.717) is 19.6 Å². The van der Waals surface area contributed by atoms with Gasteiger partial charge >= 0.3 is 11.8 Å². The molecule has 0 saturated carbocycles. The lowest BCUT2D eigenvalue weighted by molar-refractivity contribution is -0.147. The van der Waals surface area contributed by atoms with Crippen molar-refractivity contribution in [3.63, 3.8) is 0 Å². The van der Waals surface area contributed by atoms with Gasteiger partial charge < -0.3 is 15.3 Å². The van der Waals surface area contributed by atoms with Gasteiger partial charge in [0, 0.05) is 26.2 Å². The van der Waals surface area contributed by atoms with E-state index in [4.69, 9.17) is 0 Å². The van der Waals surface area contributed by atoms with Crippen LogP contribution in [-0.2, 0) is 16.0 Å². The van der Waals surface area contributed by atoms with Gasteiger partial charge in [0.2, 0.25) is 0 Å². The van der Waals surface area contributed by atoms with Crippen LogP contribution in [0.4, 0.5) is 0 Å². The summed E-state index contributed by atoms with van der Waals surface area (Å²) in [6.07, 6.45) is 3.45. The van der Waals surface area contributed by atoms with Crippen LogP contribution in [0.2, 0.25) is 0 Å². The molecule has 2 amide bonds. The molecule has 5 nitrogen and oxygen atoms in total. The number of carbonyl (C=O) groups excluding carboxylic acids is 2. The molecule has 22 heavy (non-hydrogen) atoms. The van der Waals surface area contributed by atoms with E-state index in [9.17, 15) is 14.7 Å². The van der Waals surface area contributed by atoms with Gasteiger partial charge in [-0.2, -0.15) is 0 Å². The Hall–Kier alpha value is -1.88. The van der Waals surface area contributed by atoms with Gasteiger partial charge in [-0.1, -0.05) is 30.3 Å². The molecule has 2 rings (SSSR count). The van der Waals surface area contributed by atoms with Gasteiger partial charge in [-0.05, 0) is 37.2 Å². The molecular weight excluding hydrogens is 280 g/mol. The number of carbonyl (C=O) groups is 2. The van der Waals surface area contributed by atoms with Crippen LogP contribution < -0.4 is 5.32 Å². The quantitative estimate of drug-likeness (QED) is 0.629. The zero-order valence-electron chi connectivity index (χ0n) is 12.8. The van der Waals surface area contributed by atoms with Gasteiger partial charge in [0.1, 0.15) is 0 Å². The normalized spacial score (nSPS) is 18.0. The Kier molecular flexibility index (Phi) is 6.40. The smallest absolute Gasteiger partial charge is 0.311 e. The molecule has 1 fully saturated rings. The number of aliphatic hydroxyl groups is 1. The number of piperidine rings is 1. The van der Waals surface area contributed by atoms with Crippen molar-refractivity contribution in [3.05, 3.63) is 35.9 Å². The highest BCUT2D eigenvalue weighted by molar-refractivity contribution is 6.35. The molecule has 1 heterocycles. The van der Waals surface area contributed by atoms with Crippen molar-refractivity contribution in [2.75, 3.05) is 26.2 Å². The van der Waals surface area contributed by atoms with Crippen LogP contribution in [0.1, 0.15) is 24.8 Å². The Morgan fingerprint density at radius 2 is 2.05 bits per heavy atom. The van der Waals surface area contributed by atoms with E-state index in [0.717, 1.165) is 25.7 Å². The van der Waals surface area contributed by atoms with E-state index in [1.807, 2.05) is 18.2 Å². The highest BCUT2D eigenvalue weighted by Gasteiger charge is 2.27. The van der Waals surface area contributed by atoms with E-state index in [1.165, 1.54) is 5.56 Å². The maximum atomic E-state index is 12.1. The molecule has 0 radical (unpaired) electrons. The molecule has 0 aliphatic carbocycles. The number of likely N-dealkylation sites (tertiary alicyclic amines) is 1. The monoisotopic (exact) mass is 304 g/mol. The summed E-state index contributed by atoms with van der Waals surface area (Å²) >= 11 is 0. The van der Waals surface area contributed by atoms with E-state index in [-0.39, 0.29) is 12.5 Å². The molecule has 0 spiro atoms. The summed E-state index contributed by atoms with van der Waals surface area (Å²) in [5.74, 6) is -0.909. The van der Waals surface area contributed by atoms with Gasteiger partial charge in [-0.25, -0.2) is 0 Å². The first-order chi connectivity index (χ1) is 10.7. The van der Waals surface area contributed by atoms with E-state index < -0.39 is 11.8 Å². The van der Waals surface area contributed by atoms with Crippen molar-refractivity contribution >= 4 is 11.8 Å². The van der Waals surface area contributed by atoms with Crippen molar-refractivity contribution in [1.82, 2.24) is 10.2 Å². The van der Waals surface area contributed by atoms with E-state index in [1.54, 1.807) is 4.90 Å². The number of nitrogens with one attached hydrogen (secondary N) is 1. The van der Waals surface area contributed by atoms with Gasteiger partial charge in [0.05, 0.1) is 0 Å². The molecule has 1 aromatic rings. The molecule has 1 atom stereocenters. The molecule has 0 aromatic heterocycles. The number of rotatable bonds is 5. The number of nitrogens with zero attached hydrogens (tertiary/aromatic N) is 1. The Morgan fingerprint density at radius 1 is 1.27 bits per heavy atom. The van der Waals surface area contributed by atoms with E-state index in [2.05, 4.69) is 17.4 Å². The van der Waals surface area contributed by atoms with Gasteiger partial charge in [0.25, 0.3) is 0 Å². The second-order valence-corrected chi connectivity index (χ2v) is 5.79. The summed E-state index contributed by atoms with van der Waals surface area (Å²) in [5.41, 5.74) is 1.23. The van der Waals surface area contributed by atoms with E-state index >= 15 is 0 Å². The summed E-state index contributed by atoms with van der Waals surface area (Å²) < 4.78 is 0. The maximum Gasteiger partial charge on any atom is 0.311 e. The number of amides is 2. The minimum absolute atomic E-state index is 0.0719. The molecule has 1 saturated heterocycles. The third-order valence-electron chi connectivity index (χ3n) is 4.03. The summed E-state index contributed by atoms with van der Waals surface area (Å²) in [5, 5.41) is 11.9. The van der Waals surface area contributed by atoms with Gasteiger partial charge in [-0.15, -0.1) is 0 Å². The second kappa shape index (κ2) is 8.54. The Bertz CT molecular complexity index is 490. The average Bonchev–Trinajstić information content (AvgIpc) is 2.58. The summed E-state index contributed by atoms with van der Waals surface area (Å²) in [7, 11) is 0. The number of aryl methyl sites for hydroxylation is 1. The number of hydrogen-bond donors (Lipinski definition) is 2. The fraction of sp³-hybridized carbons (Fsp3) is 0.529. The summed E-state index contributed by atoms with van der Waals surface area (Å²) in [6.45, 7) is 1.65. The largest absolute Gasteiger partial charge is 0.396 e. The Balaban J connectivity index is 1.69. The molecular formula is C17H24N2O3. The lowest BCUT2D eigenvalue weighted by atomic mass is 9.99. The van der Waals surface area contributed by atoms with Crippen molar-refractivity contribution in [3.8, 4) is 0 Å². The van der Waals surface area contributed by atoms with Crippen molar-refractivity contribution in [2.45, 2.75) is 25.7 Å². The lowest BCUT2D eigenvalue weighted by Gasteiger charge is -2.31. The van der Waals surface area contributed by atoms with Gasteiger partial charge in [0.15, 0.2) is 0 Å². The van der Waals surface area contributed by atoms with Crippen LogP contribution in [0.5, 0.6) is 0 Å². The minimum atomic E-state index is -0.536. The minimum Gasteiger partial charge on any atom is -0.396 e. The fourth-order valence-electron chi connectivity index (χ4n) is 2.76. The van der Waals surface area contributed by atoms with Crippen molar-refractivity contribution in [1.29, 1.82) is 0 Å². The van der Waals surface area contributed by atoms with Crippen molar-refractivity contribution in [2.24, 2.45) is 5.92 Å². The average molecular weight is 304 g/mol. The zero-order chi connectivity index (χ0) is 15.8. The first kappa shape index (κ1) is 16.5. The topological polar surface area (TPSA) is 69.6 Å². The highest BCUT2D eigenvalue weighted by Crippen LogP contribution is 2.15. The van der Waals surface area contributed by atoms with Gasteiger partial charge in [-0.3, -0.25) is 9.59 Å². The number of aliphatic hydroxyl groups excluding tert-OH is 1. The molecule has 5 heteroatoms. The van der Waals surface area contributed by atoms with Crippen molar-refractivity contribution < 1.29 is 14.7 Å². The lowest BCUT2D eigenvalue weighted by Crippen LogP contribution is -2.48. The summed E-state index contributed by atoms with van der Waals surface area (Å²) in [4.78, 5) is 25.5. The van der Waals surface area contributed by atoms with Crippen LogP contribution in [-0.4, -0.2) is 48.1 Å².